The van der Waals surface area contributed by atoms with Gasteiger partial charge in [-0.1, -0.05) is 19.3 Å². The van der Waals surface area contributed by atoms with E-state index in [0.717, 1.165) is 12.5 Å². The Balaban J connectivity index is 2.31. The molecule has 0 aromatic heterocycles. The number of rotatable bonds is 5. The largest absolute Gasteiger partial charge is 0.493 e. The third-order valence-electron chi connectivity index (χ3n) is 4.19. The van der Waals surface area contributed by atoms with Crippen molar-refractivity contribution in [3.05, 3.63) is 23.5 Å². The van der Waals surface area contributed by atoms with Gasteiger partial charge in [-0.05, 0) is 18.9 Å². The number of halogens is 1. The maximum atomic E-state index is 14.1. The SMILES string of the molecule is COc1cc(F)c(C(=O)NC2(C(=O)O)CCCCC2)cc1OC. The molecule has 0 spiro atoms. The molecule has 0 unspecified atom stereocenters. The molecule has 0 heterocycles. The standard InChI is InChI=1S/C16H20FNO5/c1-22-12-8-10(11(17)9-13(12)23-2)14(19)18-16(15(20)21)6-4-3-5-7-16/h8-9H,3-7H2,1-2H3,(H,18,19)(H,20,21). The summed E-state index contributed by atoms with van der Waals surface area (Å²) < 4.78 is 24.2. The summed E-state index contributed by atoms with van der Waals surface area (Å²) >= 11 is 0. The van der Waals surface area contributed by atoms with E-state index in [-0.39, 0.29) is 17.1 Å². The van der Waals surface area contributed by atoms with Crippen LogP contribution in [0.25, 0.3) is 0 Å². The van der Waals surface area contributed by atoms with Crippen molar-refractivity contribution in [2.45, 2.75) is 37.6 Å². The van der Waals surface area contributed by atoms with Crippen molar-refractivity contribution in [3.63, 3.8) is 0 Å². The first-order valence-corrected chi connectivity index (χ1v) is 7.41. The Morgan fingerprint density at radius 1 is 1.13 bits per heavy atom. The molecule has 0 atom stereocenters. The van der Waals surface area contributed by atoms with Crippen molar-refractivity contribution >= 4 is 11.9 Å². The molecule has 23 heavy (non-hydrogen) atoms. The number of methoxy groups -OCH3 is 2. The number of hydrogen-bond donors (Lipinski definition) is 2. The third kappa shape index (κ3) is 3.38. The molecule has 1 fully saturated rings. The van der Waals surface area contributed by atoms with E-state index in [0.29, 0.717) is 25.7 Å². The molecule has 6 nitrogen and oxygen atoms in total. The minimum Gasteiger partial charge on any atom is -0.493 e. The number of carboxylic acid groups (broad SMARTS) is 1. The average Bonchev–Trinajstić information content (AvgIpc) is 2.55. The van der Waals surface area contributed by atoms with E-state index in [9.17, 15) is 19.1 Å². The maximum absolute atomic E-state index is 14.1. The molecule has 1 aromatic carbocycles. The summed E-state index contributed by atoms with van der Waals surface area (Å²) in [6, 6.07) is 2.25. The second-order valence-corrected chi connectivity index (χ2v) is 5.59. The fourth-order valence-electron chi connectivity index (χ4n) is 2.86. The first-order valence-electron chi connectivity index (χ1n) is 7.41. The Bertz CT molecular complexity index is 611. The number of ether oxygens (including phenoxy) is 2. The zero-order valence-corrected chi connectivity index (χ0v) is 13.1. The minimum atomic E-state index is -1.34. The van der Waals surface area contributed by atoms with Crippen LogP contribution in [0.4, 0.5) is 4.39 Å². The zero-order valence-electron chi connectivity index (χ0n) is 13.1. The lowest BCUT2D eigenvalue weighted by atomic mass is 9.81. The summed E-state index contributed by atoms with van der Waals surface area (Å²) in [4.78, 5) is 24.0. The molecule has 2 N–H and O–H groups in total. The quantitative estimate of drug-likeness (QED) is 0.868. The number of aliphatic carboxylic acids is 1. The highest BCUT2D eigenvalue weighted by Gasteiger charge is 2.41. The number of benzene rings is 1. The lowest BCUT2D eigenvalue weighted by Crippen LogP contribution is -2.55. The molecular weight excluding hydrogens is 305 g/mol. The number of carboxylic acids is 1. The Hall–Kier alpha value is -2.31. The van der Waals surface area contributed by atoms with Crippen LogP contribution in [0.2, 0.25) is 0 Å². The van der Waals surface area contributed by atoms with E-state index in [1.54, 1.807) is 0 Å². The van der Waals surface area contributed by atoms with Crippen LogP contribution in [-0.4, -0.2) is 36.7 Å². The molecular formula is C16H20FNO5. The van der Waals surface area contributed by atoms with Gasteiger partial charge in [0.05, 0.1) is 19.8 Å². The molecule has 0 bridgehead atoms. The van der Waals surface area contributed by atoms with Crippen LogP contribution >= 0.6 is 0 Å². The molecule has 0 saturated heterocycles. The molecule has 2 rings (SSSR count). The predicted octanol–water partition coefficient (Wildman–Crippen LogP) is 2.36. The lowest BCUT2D eigenvalue weighted by Gasteiger charge is -2.34. The molecule has 1 amide bonds. The van der Waals surface area contributed by atoms with E-state index >= 15 is 0 Å². The molecule has 0 aliphatic heterocycles. The van der Waals surface area contributed by atoms with Crippen molar-refractivity contribution < 1.29 is 28.6 Å². The van der Waals surface area contributed by atoms with Crippen molar-refractivity contribution in [3.8, 4) is 11.5 Å². The number of nitrogens with one attached hydrogen (secondary N) is 1. The fourth-order valence-corrected chi connectivity index (χ4v) is 2.86. The number of carbonyl (C=O) groups is 2. The van der Waals surface area contributed by atoms with Gasteiger partial charge in [0, 0.05) is 6.07 Å². The van der Waals surface area contributed by atoms with Gasteiger partial charge in [-0.15, -0.1) is 0 Å². The smallest absolute Gasteiger partial charge is 0.329 e. The van der Waals surface area contributed by atoms with Crippen molar-refractivity contribution in [2.75, 3.05) is 14.2 Å². The Kier molecular flexibility index (Phi) is 5.08. The molecule has 1 aromatic rings. The van der Waals surface area contributed by atoms with Crippen LogP contribution in [-0.2, 0) is 4.79 Å². The van der Waals surface area contributed by atoms with Crippen molar-refractivity contribution in [1.29, 1.82) is 0 Å². The second kappa shape index (κ2) is 6.85. The summed E-state index contributed by atoms with van der Waals surface area (Å²) in [5, 5.41) is 12.0. The Morgan fingerprint density at radius 2 is 1.70 bits per heavy atom. The minimum absolute atomic E-state index is 0.159. The van der Waals surface area contributed by atoms with Crippen LogP contribution in [0.5, 0.6) is 11.5 Å². The van der Waals surface area contributed by atoms with E-state index in [1.165, 1.54) is 20.3 Å². The average molecular weight is 325 g/mol. The van der Waals surface area contributed by atoms with Gasteiger partial charge >= 0.3 is 5.97 Å². The van der Waals surface area contributed by atoms with Crippen LogP contribution in [0.1, 0.15) is 42.5 Å². The monoisotopic (exact) mass is 325 g/mol. The van der Waals surface area contributed by atoms with Crippen LogP contribution < -0.4 is 14.8 Å². The highest BCUT2D eigenvalue weighted by molar-refractivity contribution is 5.98. The highest BCUT2D eigenvalue weighted by atomic mass is 19.1. The predicted molar refractivity (Wildman–Crippen MR) is 80.4 cm³/mol. The normalized spacial score (nSPS) is 16.5. The highest BCUT2D eigenvalue weighted by Crippen LogP contribution is 2.32. The van der Waals surface area contributed by atoms with Crippen LogP contribution in [0.3, 0.4) is 0 Å². The van der Waals surface area contributed by atoms with E-state index in [1.807, 2.05) is 0 Å². The van der Waals surface area contributed by atoms with Gasteiger partial charge in [0.15, 0.2) is 11.5 Å². The number of hydrogen-bond acceptors (Lipinski definition) is 4. The summed E-state index contributed by atoms with van der Waals surface area (Å²) in [6.45, 7) is 0. The zero-order chi connectivity index (χ0) is 17.0. The van der Waals surface area contributed by atoms with E-state index < -0.39 is 23.2 Å². The van der Waals surface area contributed by atoms with Gasteiger partial charge in [-0.3, -0.25) is 4.79 Å². The third-order valence-corrected chi connectivity index (χ3v) is 4.19. The first kappa shape index (κ1) is 17.1. The van der Waals surface area contributed by atoms with Gasteiger partial charge < -0.3 is 19.9 Å². The second-order valence-electron chi connectivity index (χ2n) is 5.59. The topological polar surface area (TPSA) is 84.9 Å². The van der Waals surface area contributed by atoms with Crippen LogP contribution in [0.15, 0.2) is 12.1 Å². The van der Waals surface area contributed by atoms with E-state index in [4.69, 9.17) is 9.47 Å². The summed E-state index contributed by atoms with van der Waals surface area (Å²) in [6.07, 6.45) is 3.02. The molecule has 7 heteroatoms. The molecule has 1 saturated carbocycles. The first-order chi connectivity index (χ1) is 10.9. The van der Waals surface area contributed by atoms with Gasteiger partial charge in [0.1, 0.15) is 11.4 Å². The van der Waals surface area contributed by atoms with Gasteiger partial charge in [0.2, 0.25) is 0 Å². The summed E-state index contributed by atoms with van der Waals surface area (Å²) in [5.74, 6) is -2.30. The number of carbonyl (C=O) groups excluding carboxylic acids is 1. The number of amides is 1. The van der Waals surface area contributed by atoms with Gasteiger partial charge in [0.25, 0.3) is 5.91 Å². The van der Waals surface area contributed by atoms with Crippen molar-refractivity contribution in [1.82, 2.24) is 5.32 Å². The van der Waals surface area contributed by atoms with Gasteiger partial charge in [-0.25, -0.2) is 9.18 Å². The molecule has 0 radical (unpaired) electrons. The summed E-state index contributed by atoms with van der Waals surface area (Å²) in [7, 11) is 2.73. The molecule has 1 aliphatic carbocycles. The Morgan fingerprint density at radius 3 is 2.22 bits per heavy atom. The van der Waals surface area contributed by atoms with Crippen molar-refractivity contribution in [2.24, 2.45) is 0 Å². The molecule has 1 aliphatic rings. The van der Waals surface area contributed by atoms with Gasteiger partial charge in [-0.2, -0.15) is 0 Å². The van der Waals surface area contributed by atoms with Crippen LogP contribution in [0, 0.1) is 5.82 Å². The van der Waals surface area contributed by atoms with E-state index in [2.05, 4.69) is 5.32 Å². The lowest BCUT2D eigenvalue weighted by molar-refractivity contribution is -0.145. The maximum Gasteiger partial charge on any atom is 0.329 e. The molecule has 126 valence electrons. The summed E-state index contributed by atoms with van der Waals surface area (Å²) in [5.41, 5.74) is -1.61. The fraction of sp³-hybridized carbons (Fsp3) is 0.500. The Labute approximate surface area is 133 Å².